The number of aromatic nitrogens is 1. The summed E-state index contributed by atoms with van der Waals surface area (Å²) < 4.78 is 18.8. The SMILES string of the molecule is O[C@H]1CCN(Cc2cncs2)CC[C@@H]1Oc1ccc(F)cc1. The predicted octanol–water partition coefficient (Wildman–Crippen LogP) is 2.69. The van der Waals surface area contributed by atoms with Crippen molar-refractivity contribution in [3.05, 3.63) is 46.7 Å². The molecular weight excluding hydrogens is 303 g/mol. The van der Waals surface area contributed by atoms with Gasteiger partial charge in [0, 0.05) is 30.7 Å². The van der Waals surface area contributed by atoms with Gasteiger partial charge in [-0.1, -0.05) is 0 Å². The van der Waals surface area contributed by atoms with Gasteiger partial charge in [0.15, 0.2) is 0 Å². The molecule has 6 heteroatoms. The Balaban J connectivity index is 1.58. The van der Waals surface area contributed by atoms with Crippen LogP contribution in [-0.4, -0.2) is 40.3 Å². The number of thiazole rings is 1. The van der Waals surface area contributed by atoms with Crippen LogP contribution in [0.1, 0.15) is 17.7 Å². The second kappa shape index (κ2) is 7.17. The molecule has 118 valence electrons. The normalized spacial score (nSPS) is 23.2. The molecule has 0 unspecified atom stereocenters. The number of benzene rings is 1. The lowest BCUT2D eigenvalue weighted by atomic mass is 10.1. The monoisotopic (exact) mass is 322 g/mol. The van der Waals surface area contributed by atoms with Crippen LogP contribution in [0.4, 0.5) is 4.39 Å². The molecule has 1 aliphatic rings. The molecule has 0 aliphatic carbocycles. The van der Waals surface area contributed by atoms with Crippen LogP contribution in [0.25, 0.3) is 0 Å². The molecule has 2 heterocycles. The Kier molecular flexibility index (Phi) is 5.02. The Labute approximate surface area is 133 Å². The summed E-state index contributed by atoms with van der Waals surface area (Å²) in [6, 6.07) is 5.94. The van der Waals surface area contributed by atoms with Gasteiger partial charge in [-0.3, -0.25) is 9.88 Å². The van der Waals surface area contributed by atoms with E-state index in [1.54, 1.807) is 23.5 Å². The lowest BCUT2D eigenvalue weighted by Crippen LogP contribution is -2.31. The highest BCUT2D eigenvalue weighted by Gasteiger charge is 2.26. The Morgan fingerprint density at radius 3 is 2.77 bits per heavy atom. The molecular formula is C16H19FN2O2S. The Bertz CT molecular complexity index is 576. The van der Waals surface area contributed by atoms with E-state index in [1.807, 2.05) is 11.7 Å². The topological polar surface area (TPSA) is 45.6 Å². The summed E-state index contributed by atoms with van der Waals surface area (Å²) >= 11 is 1.65. The molecule has 0 saturated carbocycles. The van der Waals surface area contributed by atoms with Gasteiger partial charge < -0.3 is 9.84 Å². The molecule has 0 bridgehead atoms. The number of likely N-dealkylation sites (tertiary alicyclic amines) is 1. The van der Waals surface area contributed by atoms with E-state index < -0.39 is 6.10 Å². The van der Waals surface area contributed by atoms with Crippen LogP contribution in [0.2, 0.25) is 0 Å². The molecule has 1 fully saturated rings. The van der Waals surface area contributed by atoms with Crippen LogP contribution < -0.4 is 4.74 Å². The summed E-state index contributed by atoms with van der Waals surface area (Å²) in [4.78, 5) is 7.63. The number of ether oxygens (including phenoxy) is 1. The van der Waals surface area contributed by atoms with Crippen LogP contribution in [-0.2, 0) is 6.54 Å². The maximum absolute atomic E-state index is 12.9. The van der Waals surface area contributed by atoms with E-state index in [2.05, 4.69) is 9.88 Å². The van der Waals surface area contributed by atoms with Gasteiger partial charge in [0.1, 0.15) is 17.7 Å². The summed E-state index contributed by atoms with van der Waals surface area (Å²) in [6.07, 6.45) is 2.55. The van der Waals surface area contributed by atoms with Crippen molar-refractivity contribution >= 4 is 11.3 Å². The third-order valence-corrected chi connectivity index (χ3v) is 4.63. The third-order valence-electron chi connectivity index (χ3n) is 3.86. The number of aliphatic hydroxyl groups excluding tert-OH is 1. The molecule has 2 aromatic rings. The van der Waals surface area contributed by atoms with Gasteiger partial charge in [0.25, 0.3) is 0 Å². The summed E-state index contributed by atoms with van der Waals surface area (Å²) in [5.74, 6) is 0.311. The van der Waals surface area contributed by atoms with Gasteiger partial charge in [0.05, 0.1) is 11.6 Å². The van der Waals surface area contributed by atoms with Gasteiger partial charge in [-0.15, -0.1) is 11.3 Å². The summed E-state index contributed by atoms with van der Waals surface area (Å²) in [5, 5.41) is 10.3. The molecule has 0 amide bonds. The molecule has 1 N–H and O–H groups in total. The van der Waals surface area contributed by atoms with E-state index in [9.17, 15) is 9.50 Å². The second-order valence-corrected chi connectivity index (χ2v) is 6.47. The molecule has 2 atom stereocenters. The van der Waals surface area contributed by atoms with Gasteiger partial charge in [-0.05, 0) is 37.1 Å². The first-order chi connectivity index (χ1) is 10.7. The van der Waals surface area contributed by atoms with Crippen molar-refractivity contribution in [2.45, 2.75) is 31.6 Å². The minimum absolute atomic E-state index is 0.253. The standard InChI is InChI=1S/C16H19FN2O2S/c17-12-1-3-13(4-2-12)21-16-6-8-19(7-5-15(16)20)10-14-9-18-11-22-14/h1-4,9,11,15-16,20H,5-8,10H2/t15-,16-/m0/s1. The fraction of sp³-hybridized carbons (Fsp3) is 0.438. The summed E-state index contributed by atoms with van der Waals surface area (Å²) in [5.41, 5.74) is 1.84. The van der Waals surface area contributed by atoms with E-state index in [-0.39, 0.29) is 11.9 Å². The average molecular weight is 322 g/mol. The first kappa shape index (κ1) is 15.4. The molecule has 1 aromatic heterocycles. The maximum Gasteiger partial charge on any atom is 0.126 e. The fourth-order valence-electron chi connectivity index (χ4n) is 2.64. The van der Waals surface area contributed by atoms with E-state index in [4.69, 9.17) is 4.74 Å². The number of hydrogen-bond acceptors (Lipinski definition) is 5. The number of halogens is 1. The highest BCUT2D eigenvalue weighted by Crippen LogP contribution is 2.21. The van der Waals surface area contributed by atoms with E-state index in [0.717, 1.165) is 26.1 Å². The Morgan fingerprint density at radius 1 is 1.27 bits per heavy atom. The van der Waals surface area contributed by atoms with Crippen LogP contribution in [0.5, 0.6) is 5.75 Å². The minimum atomic E-state index is -0.503. The zero-order chi connectivity index (χ0) is 15.4. The van der Waals surface area contributed by atoms with E-state index in [1.165, 1.54) is 17.0 Å². The average Bonchev–Trinajstić information content (AvgIpc) is 2.97. The molecule has 1 aromatic carbocycles. The number of nitrogens with zero attached hydrogens (tertiary/aromatic N) is 2. The third kappa shape index (κ3) is 4.03. The minimum Gasteiger partial charge on any atom is -0.488 e. The number of rotatable bonds is 4. The maximum atomic E-state index is 12.9. The Morgan fingerprint density at radius 2 is 2.05 bits per heavy atom. The zero-order valence-corrected chi connectivity index (χ0v) is 13.0. The van der Waals surface area contributed by atoms with Gasteiger partial charge in [-0.2, -0.15) is 0 Å². The highest BCUT2D eigenvalue weighted by atomic mass is 32.1. The van der Waals surface area contributed by atoms with Crippen molar-refractivity contribution in [2.75, 3.05) is 13.1 Å². The molecule has 4 nitrogen and oxygen atoms in total. The Hall–Kier alpha value is -1.50. The highest BCUT2D eigenvalue weighted by molar-refractivity contribution is 7.09. The van der Waals surface area contributed by atoms with Crippen LogP contribution in [0.15, 0.2) is 36.0 Å². The van der Waals surface area contributed by atoms with Crippen molar-refractivity contribution in [2.24, 2.45) is 0 Å². The second-order valence-electron chi connectivity index (χ2n) is 5.50. The summed E-state index contributed by atoms with van der Waals surface area (Å²) in [6.45, 7) is 2.56. The van der Waals surface area contributed by atoms with Gasteiger partial charge in [0.2, 0.25) is 0 Å². The van der Waals surface area contributed by atoms with Crippen molar-refractivity contribution in [1.82, 2.24) is 9.88 Å². The zero-order valence-electron chi connectivity index (χ0n) is 12.2. The van der Waals surface area contributed by atoms with Crippen LogP contribution >= 0.6 is 11.3 Å². The van der Waals surface area contributed by atoms with E-state index in [0.29, 0.717) is 12.2 Å². The van der Waals surface area contributed by atoms with Crippen molar-refractivity contribution in [3.63, 3.8) is 0 Å². The fourth-order valence-corrected chi connectivity index (χ4v) is 3.27. The molecule has 1 saturated heterocycles. The van der Waals surface area contributed by atoms with Gasteiger partial charge in [-0.25, -0.2) is 4.39 Å². The first-order valence-corrected chi connectivity index (χ1v) is 8.28. The smallest absolute Gasteiger partial charge is 0.126 e. The molecule has 0 radical (unpaired) electrons. The van der Waals surface area contributed by atoms with Crippen molar-refractivity contribution in [1.29, 1.82) is 0 Å². The molecule has 22 heavy (non-hydrogen) atoms. The molecule has 0 spiro atoms. The lowest BCUT2D eigenvalue weighted by Gasteiger charge is -2.21. The van der Waals surface area contributed by atoms with Crippen LogP contribution in [0, 0.1) is 5.82 Å². The molecule has 3 rings (SSSR count). The predicted molar refractivity (Wildman–Crippen MR) is 83.4 cm³/mol. The largest absolute Gasteiger partial charge is 0.488 e. The van der Waals surface area contributed by atoms with Crippen LogP contribution in [0.3, 0.4) is 0 Å². The first-order valence-electron chi connectivity index (χ1n) is 7.41. The number of aliphatic hydroxyl groups is 1. The van der Waals surface area contributed by atoms with Crippen molar-refractivity contribution < 1.29 is 14.2 Å². The van der Waals surface area contributed by atoms with E-state index >= 15 is 0 Å². The molecule has 1 aliphatic heterocycles. The quantitative estimate of drug-likeness (QED) is 0.940. The lowest BCUT2D eigenvalue weighted by molar-refractivity contribution is 0.0349. The summed E-state index contributed by atoms with van der Waals surface area (Å²) in [7, 11) is 0. The van der Waals surface area contributed by atoms with Gasteiger partial charge >= 0.3 is 0 Å². The van der Waals surface area contributed by atoms with Crippen molar-refractivity contribution in [3.8, 4) is 5.75 Å². The number of hydrogen-bond donors (Lipinski definition) is 1.